The van der Waals surface area contributed by atoms with Crippen LogP contribution in [0.25, 0.3) is 11.4 Å². The first-order chi connectivity index (χ1) is 15.4. The highest BCUT2D eigenvalue weighted by atomic mass is 32.2. The number of aromatic nitrogens is 2. The van der Waals surface area contributed by atoms with E-state index >= 15 is 0 Å². The number of rotatable bonds is 7. The third kappa shape index (κ3) is 5.20. The van der Waals surface area contributed by atoms with Gasteiger partial charge in [-0.05, 0) is 61.4 Å². The molecule has 0 bridgehead atoms. The number of carbonyl (C=O) groups is 1. The van der Waals surface area contributed by atoms with E-state index in [4.69, 9.17) is 4.52 Å². The second-order valence-electron chi connectivity index (χ2n) is 7.56. The fraction of sp³-hybridized carbons (Fsp3) is 0.318. The molecule has 1 amide bonds. The number of piperidine rings is 1. The largest absolute Gasteiger partial charge is 0.339 e. The van der Waals surface area contributed by atoms with Crippen LogP contribution in [-0.4, -0.2) is 41.9 Å². The van der Waals surface area contributed by atoms with Crippen LogP contribution in [-0.2, 0) is 21.2 Å². The van der Waals surface area contributed by atoms with Crippen LogP contribution in [0.15, 0.2) is 57.9 Å². The maximum absolute atomic E-state index is 12.9. The molecule has 8 nitrogen and oxygen atoms in total. The summed E-state index contributed by atoms with van der Waals surface area (Å²) in [7, 11) is -3.50. The predicted molar refractivity (Wildman–Crippen MR) is 116 cm³/mol. The van der Waals surface area contributed by atoms with E-state index in [1.54, 1.807) is 24.3 Å². The molecule has 0 aliphatic carbocycles. The average molecular weight is 459 g/mol. The van der Waals surface area contributed by atoms with E-state index in [0.717, 1.165) is 19.3 Å². The van der Waals surface area contributed by atoms with Crippen LogP contribution >= 0.6 is 0 Å². The van der Waals surface area contributed by atoms with Gasteiger partial charge in [-0.15, -0.1) is 0 Å². The van der Waals surface area contributed by atoms with E-state index in [-0.39, 0.29) is 29.5 Å². The number of halogens is 1. The van der Waals surface area contributed by atoms with E-state index in [9.17, 15) is 17.6 Å². The van der Waals surface area contributed by atoms with Crippen molar-refractivity contribution in [1.29, 1.82) is 0 Å². The topological polar surface area (TPSA) is 105 Å². The summed E-state index contributed by atoms with van der Waals surface area (Å²) in [6.07, 6.45) is 3.17. The molecule has 1 fully saturated rings. The molecule has 0 saturated carbocycles. The maximum Gasteiger partial charge on any atom is 0.243 e. The van der Waals surface area contributed by atoms with Gasteiger partial charge in [0, 0.05) is 37.2 Å². The molecule has 1 aromatic heterocycles. The molecule has 168 valence electrons. The van der Waals surface area contributed by atoms with Crippen LogP contribution in [0.2, 0.25) is 0 Å². The summed E-state index contributed by atoms with van der Waals surface area (Å²) in [6.45, 7) is 1.10. The Morgan fingerprint density at radius 1 is 1.03 bits per heavy atom. The van der Waals surface area contributed by atoms with Gasteiger partial charge in [0.1, 0.15) is 5.82 Å². The fourth-order valence-electron chi connectivity index (χ4n) is 3.48. The summed E-state index contributed by atoms with van der Waals surface area (Å²) in [5, 5.41) is 6.59. The summed E-state index contributed by atoms with van der Waals surface area (Å²) in [4.78, 5) is 16.6. The van der Waals surface area contributed by atoms with Crippen LogP contribution in [0.3, 0.4) is 0 Å². The number of amides is 1. The number of hydrogen-bond donors (Lipinski definition) is 1. The Kier molecular flexibility index (Phi) is 6.61. The van der Waals surface area contributed by atoms with Crippen LogP contribution in [0.5, 0.6) is 0 Å². The van der Waals surface area contributed by atoms with Crippen molar-refractivity contribution in [2.24, 2.45) is 0 Å². The molecule has 10 heteroatoms. The van der Waals surface area contributed by atoms with Gasteiger partial charge in [-0.3, -0.25) is 4.79 Å². The molecule has 1 saturated heterocycles. The Hall–Kier alpha value is -3.11. The van der Waals surface area contributed by atoms with Gasteiger partial charge >= 0.3 is 0 Å². The Balaban J connectivity index is 1.35. The summed E-state index contributed by atoms with van der Waals surface area (Å²) in [6, 6.07) is 11.9. The number of carbonyl (C=O) groups excluding carboxylic acids is 1. The molecular weight excluding hydrogens is 435 g/mol. The molecule has 1 aliphatic heterocycles. The Labute approximate surface area is 185 Å². The second-order valence-corrected chi connectivity index (χ2v) is 9.49. The van der Waals surface area contributed by atoms with Crippen LogP contribution in [0, 0.1) is 5.82 Å². The smallest absolute Gasteiger partial charge is 0.243 e. The van der Waals surface area contributed by atoms with Crippen molar-refractivity contribution < 1.29 is 22.1 Å². The summed E-state index contributed by atoms with van der Waals surface area (Å²) >= 11 is 0. The average Bonchev–Trinajstić information content (AvgIpc) is 3.29. The minimum absolute atomic E-state index is 0.117. The van der Waals surface area contributed by atoms with Gasteiger partial charge in [-0.25, -0.2) is 12.8 Å². The van der Waals surface area contributed by atoms with E-state index in [0.29, 0.717) is 36.1 Å². The Bertz CT molecular complexity index is 1170. The molecule has 32 heavy (non-hydrogen) atoms. The number of anilines is 1. The van der Waals surface area contributed by atoms with E-state index in [1.165, 1.54) is 28.6 Å². The van der Waals surface area contributed by atoms with Crippen LogP contribution in [0.4, 0.5) is 10.1 Å². The minimum atomic E-state index is -3.50. The Morgan fingerprint density at radius 2 is 1.72 bits per heavy atom. The molecule has 2 aromatic carbocycles. The number of aryl methyl sites for hydroxylation is 1. The molecular formula is C22H23FN4O4S. The number of nitrogens with one attached hydrogen (secondary N) is 1. The first-order valence-electron chi connectivity index (χ1n) is 10.4. The van der Waals surface area contributed by atoms with Crippen molar-refractivity contribution in [3.05, 3.63) is 60.2 Å². The highest BCUT2D eigenvalue weighted by Gasteiger charge is 2.26. The lowest BCUT2D eigenvalue weighted by atomic mass is 10.2. The van der Waals surface area contributed by atoms with Crippen molar-refractivity contribution in [3.63, 3.8) is 0 Å². The fourth-order valence-corrected chi connectivity index (χ4v) is 5.00. The van der Waals surface area contributed by atoms with Gasteiger partial charge in [-0.2, -0.15) is 9.29 Å². The molecule has 1 N–H and O–H groups in total. The van der Waals surface area contributed by atoms with Crippen LogP contribution < -0.4 is 5.32 Å². The maximum atomic E-state index is 12.9. The van der Waals surface area contributed by atoms with Crippen molar-refractivity contribution in [1.82, 2.24) is 14.4 Å². The molecule has 3 aromatic rings. The molecule has 4 rings (SSSR count). The third-order valence-corrected chi connectivity index (χ3v) is 7.14. The van der Waals surface area contributed by atoms with E-state index < -0.39 is 10.0 Å². The monoisotopic (exact) mass is 458 g/mol. The van der Waals surface area contributed by atoms with Crippen molar-refractivity contribution in [2.45, 2.75) is 37.0 Å². The van der Waals surface area contributed by atoms with E-state index in [2.05, 4.69) is 15.5 Å². The van der Waals surface area contributed by atoms with Crippen molar-refractivity contribution in [2.75, 3.05) is 18.4 Å². The SMILES string of the molecule is O=C(CCc1nc(-c2ccc(S(=O)(=O)N3CCCCC3)cc2)no1)Nc1ccc(F)cc1. The highest BCUT2D eigenvalue weighted by Crippen LogP contribution is 2.23. The van der Waals surface area contributed by atoms with Gasteiger partial charge in [0.2, 0.25) is 27.6 Å². The summed E-state index contributed by atoms with van der Waals surface area (Å²) in [5.74, 6) is -0.0257. The predicted octanol–water partition coefficient (Wildman–Crippen LogP) is 3.62. The van der Waals surface area contributed by atoms with Gasteiger partial charge in [0.05, 0.1) is 4.90 Å². The number of nitrogens with zero attached hydrogens (tertiary/aromatic N) is 3. The molecule has 2 heterocycles. The number of sulfonamides is 1. The molecule has 0 atom stereocenters. The van der Waals surface area contributed by atoms with E-state index in [1.807, 2.05) is 0 Å². The highest BCUT2D eigenvalue weighted by molar-refractivity contribution is 7.89. The zero-order chi connectivity index (χ0) is 22.6. The zero-order valence-corrected chi connectivity index (χ0v) is 18.1. The van der Waals surface area contributed by atoms with Crippen molar-refractivity contribution >= 4 is 21.6 Å². The normalized spacial score (nSPS) is 14.9. The number of hydrogen-bond acceptors (Lipinski definition) is 6. The van der Waals surface area contributed by atoms with Gasteiger partial charge in [0.25, 0.3) is 0 Å². The number of benzene rings is 2. The van der Waals surface area contributed by atoms with Crippen LogP contribution in [0.1, 0.15) is 31.6 Å². The molecule has 0 radical (unpaired) electrons. The zero-order valence-electron chi connectivity index (χ0n) is 17.3. The third-order valence-electron chi connectivity index (χ3n) is 5.23. The molecule has 1 aliphatic rings. The lowest BCUT2D eigenvalue weighted by molar-refractivity contribution is -0.116. The lowest BCUT2D eigenvalue weighted by Crippen LogP contribution is -2.35. The summed E-state index contributed by atoms with van der Waals surface area (Å²) in [5.41, 5.74) is 1.12. The van der Waals surface area contributed by atoms with Gasteiger partial charge in [-0.1, -0.05) is 11.6 Å². The minimum Gasteiger partial charge on any atom is -0.339 e. The molecule has 0 unspecified atom stereocenters. The molecule has 0 spiro atoms. The van der Waals surface area contributed by atoms with Crippen molar-refractivity contribution in [3.8, 4) is 11.4 Å². The Morgan fingerprint density at radius 3 is 2.41 bits per heavy atom. The van der Waals surface area contributed by atoms with Gasteiger partial charge < -0.3 is 9.84 Å². The van der Waals surface area contributed by atoms with Gasteiger partial charge in [0.15, 0.2) is 0 Å². The second kappa shape index (κ2) is 9.58. The summed E-state index contributed by atoms with van der Waals surface area (Å²) < 4.78 is 45.2. The first-order valence-corrected chi connectivity index (χ1v) is 11.8. The standard InChI is InChI=1S/C22H23FN4O4S/c23-17-6-8-18(9-7-17)24-20(28)12-13-21-25-22(26-31-21)16-4-10-19(11-5-16)32(29,30)27-14-2-1-3-15-27/h4-11H,1-3,12-15H2,(H,24,28). The quantitative estimate of drug-likeness (QED) is 0.580. The lowest BCUT2D eigenvalue weighted by Gasteiger charge is -2.25. The first kappa shape index (κ1) is 22.1.